The SMILES string of the molecule is C1CC2CC[N+](C1)C2. The van der Waals surface area contributed by atoms with Crippen molar-refractivity contribution in [1.29, 1.82) is 0 Å². The Morgan fingerprint density at radius 3 is 2.88 bits per heavy atom. The molecule has 2 aliphatic rings. The Morgan fingerprint density at radius 1 is 1.12 bits per heavy atom. The molecule has 2 rings (SSSR count). The summed E-state index contributed by atoms with van der Waals surface area (Å²) in [6.07, 6.45) is 4.46. The van der Waals surface area contributed by atoms with E-state index < -0.39 is 0 Å². The van der Waals surface area contributed by atoms with Crippen LogP contribution in [0.2, 0.25) is 0 Å². The largest absolute Gasteiger partial charge is 0.170 e. The normalized spacial score (nSPS) is 45.0. The van der Waals surface area contributed by atoms with Crippen molar-refractivity contribution in [2.45, 2.75) is 19.3 Å². The van der Waals surface area contributed by atoms with E-state index in [1.165, 1.54) is 38.9 Å². The minimum atomic E-state index is 1.09. The summed E-state index contributed by atoms with van der Waals surface area (Å²) in [5.74, 6) is 1.09. The highest BCUT2D eigenvalue weighted by Crippen LogP contribution is 2.23. The van der Waals surface area contributed by atoms with Crippen molar-refractivity contribution >= 4 is 0 Å². The van der Waals surface area contributed by atoms with Crippen molar-refractivity contribution in [3.8, 4) is 0 Å². The third kappa shape index (κ3) is 0.655. The molecule has 0 spiro atoms. The highest BCUT2D eigenvalue weighted by molar-refractivity contribution is 4.84. The van der Waals surface area contributed by atoms with Crippen LogP contribution in [0.4, 0.5) is 0 Å². The van der Waals surface area contributed by atoms with Gasteiger partial charge in [0.25, 0.3) is 0 Å². The van der Waals surface area contributed by atoms with E-state index >= 15 is 0 Å². The third-order valence-electron chi connectivity index (χ3n) is 2.46. The fourth-order valence-corrected chi connectivity index (χ4v) is 1.96. The van der Waals surface area contributed by atoms with Crippen LogP contribution in [0.5, 0.6) is 0 Å². The Labute approximate surface area is 50.7 Å². The van der Waals surface area contributed by atoms with E-state index in [1.807, 2.05) is 0 Å². The second kappa shape index (κ2) is 1.73. The van der Waals surface area contributed by atoms with Crippen LogP contribution in [-0.2, 0) is 0 Å². The molecule has 0 saturated carbocycles. The summed E-state index contributed by atoms with van der Waals surface area (Å²) in [4.78, 5) is 2.59. The van der Waals surface area contributed by atoms with Crippen LogP contribution < -0.4 is 4.90 Å². The van der Waals surface area contributed by atoms with Crippen LogP contribution in [0.1, 0.15) is 19.3 Å². The molecule has 2 aliphatic heterocycles. The molecule has 1 nitrogen and oxygen atoms in total. The average molecular weight is 111 g/mol. The fraction of sp³-hybridized carbons (Fsp3) is 1.00. The molecule has 0 aliphatic carbocycles. The van der Waals surface area contributed by atoms with Gasteiger partial charge in [0.15, 0.2) is 0 Å². The van der Waals surface area contributed by atoms with Crippen LogP contribution in [0, 0.1) is 5.92 Å². The number of hydrogen-bond acceptors (Lipinski definition) is 1. The summed E-state index contributed by atoms with van der Waals surface area (Å²) < 4.78 is 0. The predicted molar refractivity (Wildman–Crippen MR) is 34.1 cm³/mol. The summed E-state index contributed by atoms with van der Waals surface area (Å²) in [7, 11) is 0. The van der Waals surface area contributed by atoms with E-state index in [1.54, 1.807) is 0 Å². The lowest BCUT2D eigenvalue weighted by molar-refractivity contribution is 0.369. The molecule has 2 fully saturated rings. The minimum absolute atomic E-state index is 1.09. The number of rotatable bonds is 0. The van der Waals surface area contributed by atoms with Gasteiger partial charge in [-0.05, 0) is 6.42 Å². The van der Waals surface area contributed by atoms with Gasteiger partial charge < -0.3 is 0 Å². The van der Waals surface area contributed by atoms with E-state index in [0.717, 1.165) is 5.92 Å². The standard InChI is InChI=1S/C7H13N/c1-2-7-3-5-8(4-1)6-7/h7H,1-6H2/q+1. The molecule has 2 unspecified atom stereocenters. The van der Waals surface area contributed by atoms with Gasteiger partial charge in [0.2, 0.25) is 0 Å². The molecule has 0 aromatic heterocycles. The van der Waals surface area contributed by atoms with Crippen molar-refractivity contribution in [3.05, 3.63) is 0 Å². The molecule has 2 heterocycles. The number of piperidine rings is 1. The number of nitrogens with zero attached hydrogens (tertiary/aromatic N) is 1. The number of fused-ring (bicyclic) bond motifs is 2. The third-order valence-corrected chi connectivity index (χ3v) is 2.46. The van der Waals surface area contributed by atoms with Gasteiger partial charge in [0.1, 0.15) is 19.6 Å². The van der Waals surface area contributed by atoms with Gasteiger partial charge in [-0.1, -0.05) is 0 Å². The van der Waals surface area contributed by atoms with Gasteiger partial charge in [-0.25, -0.2) is 0 Å². The van der Waals surface area contributed by atoms with Crippen molar-refractivity contribution in [3.63, 3.8) is 0 Å². The first-order valence-corrected chi connectivity index (χ1v) is 3.67. The van der Waals surface area contributed by atoms with Gasteiger partial charge >= 0.3 is 0 Å². The van der Waals surface area contributed by atoms with Gasteiger partial charge in [-0.2, -0.15) is 4.90 Å². The molecule has 0 aromatic carbocycles. The lowest BCUT2D eigenvalue weighted by atomic mass is 10.0. The van der Waals surface area contributed by atoms with Crippen LogP contribution in [-0.4, -0.2) is 19.6 Å². The highest BCUT2D eigenvalue weighted by atomic mass is 15.1. The summed E-state index contributed by atoms with van der Waals surface area (Å²) in [6, 6.07) is 0. The second-order valence-electron chi connectivity index (χ2n) is 3.10. The van der Waals surface area contributed by atoms with Crippen molar-refractivity contribution < 1.29 is 0 Å². The smallest absolute Gasteiger partial charge is 0.125 e. The topological polar surface area (TPSA) is 5.90 Å². The van der Waals surface area contributed by atoms with Gasteiger partial charge in [-0.3, -0.25) is 0 Å². The zero-order chi connectivity index (χ0) is 5.40. The molecular formula is C7H13N+. The summed E-state index contributed by atoms with van der Waals surface area (Å²) in [6.45, 7) is 4.20. The molecule has 1 heteroatoms. The Kier molecular flexibility index (Phi) is 1.04. The van der Waals surface area contributed by atoms with E-state index in [-0.39, 0.29) is 0 Å². The molecule has 2 atom stereocenters. The zero-order valence-electron chi connectivity index (χ0n) is 5.27. The average Bonchev–Trinajstić information content (AvgIpc) is 2.12. The van der Waals surface area contributed by atoms with Crippen molar-refractivity contribution in [2.24, 2.45) is 5.92 Å². The van der Waals surface area contributed by atoms with Crippen LogP contribution in [0.15, 0.2) is 0 Å². The minimum Gasteiger partial charge on any atom is -0.170 e. The fourth-order valence-electron chi connectivity index (χ4n) is 1.96. The first kappa shape index (κ1) is 4.80. The van der Waals surface area contributed by atoms with E-state index in [2.05, 4.69) is 4.90 Å². The summed E-state index contributed by atoms with van der Waals surface area (Å²) in [5, 5.41) is 0. The first-order valence-electron chi connectivity index (χ1n) is 3.67. The van der Waals surface area contributed by atoms with Crippen LogP contribution in [0.3, 0.4) is 0 Å². The molecule has 1 radical (unpaired) electrons. The molecule has 2 saturated heterocycles. The van der Waals surface area contributed by atoms with E-state index in [0.29, 0.717) is 0 Å². The molecule has 0 N–H and O–H groups in total. The van der Waals surface area contributed by atoms with E-state index in [9.17, 15) is 0 Å². The first-order chi connectivity index (χ1) is 3.95. The van der Waals surface area contributed by atoms with Crippen molar-refractivity contribution in [1.82, 2.24) is 4.90 Å². The second-order valence-corrected chi connectivity index (χ2v) is 3.10. The Balaban J connectivity index is 2.03. The lowest BCUT2D eigenvalue weighted by Gasteiger charge is -2.11. The summed E-state index contributed by atoms with van der Waals surface area (Å²) >= 11 is 0. The molecule has 45 valence electrons. The summed E-state index contributed by atoms with van der Waals surface area (Å²) in [5.41, 5.74) is 0. The molecular weight excluding hydrogens is 98.1 g/mol. The van der Waals surface area contributed by atoms with Crippen molar-refractivity contribution in [2.75, 3.05) is 19.6 Å². The van der Waals surface area contributed by atoms with Gasteiger partial charge in [0, 0.05) is 18.8 Å². The predicted octanol–water partition coefficient (Wildman–Crippen LogP) is 0.940. The van der Waals surface area contributed by atoms with Gasteiger partial charge in [0.05, 0.1) is 0 Å². The molecule has 0 amide bonds. The molecule has 8 heavy (non-hydrogen) atoms. The highest BCUT2D eigenvalue weighted by Gasteiger charge is 2.33. The van der Waals surface area contributed by atoms with E-state index in [4.69, 9.17) is 0 Å². The van der Waals surface area contributed by atoms with Gasteiger partial charge in [-0.15, -0.1) is 0 Å². The molecule has 0 aromatic rings. The van der Waals surface area contributed by atoms with Crippen LogP contribution >= 0.6 is 0 Å². The maximum atomic E-state index is 2.59. The maximum absolute atomic E-state index is 2.59. The van der Waals surface area contributed by atoms with Crippen LogP contribution in [0.25, 0.3) is 0 Å². The Morgan fingerprint density at radius 2 is 2.12 bits per heavy atom. The molecule has 2 bridgehead atoms. The lowest BCUT2D eigenvalue weighted by Crippen LogP contribution is -2.31. The monoisotopic (exact) mass is 111 g/mol. The Hall–Kier alpha value is -0.0400. The zero-order valence-corrected chi connectivity index (χ0v) is 5.27. The maximum Gasteiger partial charge on any atom is 0.125 e. The number of hydrogen-bond donors (Lipinski definition) is 0. The quantitative estimate of drug-likeness (QED) is 0.410. The Bertz CT molecular complexity index is 76.4.